The van der Waals surface area contributed by atoms with Crippen molar-refractivity contribution in [1.82, 2.24) is 9.55 Å². The van der Waals surface area contributed by atoms with E-state index in [0.29, 0.717) is 16.4 Å². The molecule has 0 unspecified atom stereocenters. The van der Waals surface area contributed by atoms with Crippen molar-refractivity contribution in [3.05, 3.63) is 21.6 Å². The summed E-state index contributed by atoms with van der Waals surface area (Å²) in [4.78, 5) is 27.8. The Hall–Kier alpha value is -1.30. The van der Waals surface area contributed by atoms with Gasteiger partial charge in [0, 0.05) is 18.3 Å². The highest BCUT2D eigenvalue weighted by Crippen LogP contribution is 2.16. The fourth-order valence-corrected chi connectivity index (χ4v) is 2.20. The van der Waals surface area contributed by atoms with Crippen molar-refractivity contribution in [3.8, 4) is 0 Å². The van der Waals surface area contributed by atoms with E-state index >= 15 is 0 Å². The number of carbonyl (C=O) groups excluding carboxylic acids is 1. The van der Waals surface area contributed by atoms with Crippen molar-refractivity contribution in [1.29, 1.82) is 0 Å². The van der Waals surface area contributed by atoms with E-state index in [1.54, 1.807) is 20.9 Å². The predicted molar refractivity (Wildman–Crippen MR) is 75.5 cm³/mol. The summed E-state index contributed by atoms with van der Waals surface area (Å²) in [6.07, 6.45) is 0. The van der Waals surface area contributed by atoms with Crippen LogP contribution >= 0.6 is 11.8 Å². The summed E-state index contributed by atoms with van der Waals surface area (Å²) in [6, 6.07) is 0. The zero-order valence-electron chi connectivity index (χ0n) is 12.2. The first kappa shape index (κ1) is 15.8. The second-order valence-electron chi connectivity index (χ2n) is 5.34. The third-order valence-electron chi connectivity index (χ3n) is 2.46. The Kier molecular flexibility index (Phi) is 4.79. The van der Waals surface area contributed by atoms with Gasteiger partial charge in [0.05, 0.1) is 5.75 Å². The lowest BCUT2D eigenvalue weighted by Gasteiger charge is -2.19. The van der Waals surface area contributed by atoms with Crippen LogP contribution in [0.25, 0.3) is 0 Å². The molecule has 0 radical (unpaired) electrons. The lowest BCUT2D eigenvalue weighted by Crippen LogP contribution is -2.26. The Morgan fingerprint density at radius 3 is 2.47 bits per heavy atom. The van der Waals surface area contributed by atoms with Gasteiger partial charge >= 0.3 is 5.97 Å². The summed E-state index contributed by atoms with van der Waals surface area (Å²) in [5.41, 5.74) is 0.734. The van der Waals surface area contributed by atoms with Crippen molar-refractivity contribution >= 4 is 17.7 Å². The van der Waals surface area contributed by atoms with Gasteiger partial charge in [0.1, 0.15) is 5.60 Å². The van der Waals surface area contributed by atoms with Crippen molar-refractivity contribution in [2.24, 2.45) is 7.05 Å². The van der Waals surface area contributed by atoms with Crippen LogP contribution in [0, 0.1) is 13.8 Å². The number of carbonyl (C=O) groups is 1. The second-order valence-corrected chi connectivity index (χ2v) is 6.29. The lowest BCUT2D eigenvalue weighted by molar-refractivity contribution is -0.151. The average Bonchev–Trinajstić information content (AvgIpc) is 2.27. The van der Waals surface area contributed by atoms with Gasteiger partial charge in [-0.2, -0.15) is 0 Å². The molecule has 0 amide bonds. The highest BCUT2D eigenvalue weighted by molar-refractivity contribution is 7.99. The molecule has 1 heterocycles. The van der Waals surface area contributed by atoms with Gasteiger partial charge in [-0.1, -0.05) is 11.8 Å². The van der Waals surface area contributed by atoms with E-state index in [1.807, 2.05) is 20.8 Å². The van der Waals surface area contributed by atoms with E-state index < -0.39 is 5.60 Å². The normalized spacial score (nSPS) is 11.5. The van der Waals surface area contributed by atoms with E-state index in [-0.39, 0.29) is 17.3 Å². The predicted octanol–water partition coefficient (Wildman–Crippen LogP) is 1.83. The van der Waals surface area contributed by atoms with Gasteiger partial charge in [0.15, 0.2) is 5.16 Å². The molecule has 0 aromatic carbocycles. The van der Waals surface area contributed by atoms with Gasteiger partial charge in [0.25, 0.3) is 5.56 Å². The van der Waals surface area contributed by atoms with E-state index in [4.69, 9.17) is 4.74 Å². The minimum atomic E-state index is -0.500. The van der Waals surface area contributed by atoms with Gasteiger partial charge in [-0.15, -0.1) is 0 Å². The van der Waals surface area contributed by atoms with Crippen molar-refractivity contribution in [2.45, 2.75) is 45.4 Å². The van der Waals surface area contributed by atoms with Crippen LogP contribution in [-0.2, 0) is 16.6 Å². The molecular weight excluding hydrogens is 264 g/mol. The lowest BCUT2D eigenvalue weighted by atomic mass is 10.2. The maximum atomic E-state index is 11.9. The number of hydrogen-bond acceptors (Lipinski definition) is 5. The number of ether oxygens (including phenoxy) is 1. The average molecular weight is 284 g/mol. The number of aryl methyl sites for hydroxylation is 1. The smallest absolute Gasteiger partial charge is 0.316 e. The highest BCUT2D eigenvalue weighted by atomic mass is 32.2. The number of hydrogen-bond donors (Lipinski definition) is 0. The molecule has 0 saturated carbocycles. The van der Waals surface area contributed by atoms with Gasteiger partial charge in [-0.05, 0) is 34.6 Å². The zero-order valence-corrected chi connectivity index (χ0v) is 13.1. The quantitative estimate of drug-likeness (QED) is 0.481. The number of nitrogens with zero attached hydrogens (tertiary/aromatic N) is 2. The fraction of sp³-hybridized carbons (Fsp3) is 0.615. The Labute approximate surface area is 117 Å². The van der Waals surface area contributed by atoms with Crippen molar-refractivity contribution in [3.63, 3.8) is 0 Å². The van der Waals surface area contributed by atoms with E-state index in [9.17, 15) is 9.59 Å². The molecule has 0 aliphatic heterocycles. The summed E-state index contributed by atoms with van der Waals surface area (Å²) in [7, 11) is 1.65. The van der Waals surface area contributed by atoms with E-state index in [0.717, 1.165) is 0 Å². The van der Waals surface area contributed by atoms with Gasteiger partial charge in [-0.3, -0.25) is 14.2 Å². The van der Waals surface area contributed by atoms with E-state index in [1.165, 1.54) is 16.3 Å². The maximum Gasteiger partial charge on any atom is 0.316 e. The molecule has 1 rings (SSSR count). The molecule has 6 heteroatoms. The van der Waals surface area contributed by atoms with Crippen LogP contribution in [0.4, 0.5) is 0 Å². The number of aromatic nitrogens is 2. The first-order valence-electron chi connectivity index (χ1n) is 6.00. The second kappa shape index (κ2) is 5.77. The topological polar surface area (TPSA) is 61.2 Å². The molecule has 0 atom stereocenters. The molecule has 0 aliphatic carbocycles. The first-order valence-corrected chi connectivity index (χ1v) is 6.99. The van der Waals surface area contributed by atoms with Crippen molar-refractivity contribution in [2.75, 3.05) is 5.75 Å². The molecular formula is C13H20N2O3S. The number of esters is 1. The monoisotopic (exact) mass is 284 g/mol. The van der Waals surface area contributed by atoms with Crippen LogP contribution in [0.5, 0.6) is 0 Å². The van der Waals surface area contributed by atoms with Crippen LogP contribution in [0.3, 0.4) is 0 Å². The number of thioether (sulfide) groups is 1. The Morgan fingerprint density at radius 1 is 1.37 bits per heavy atom. The molecule has 19 heavy (non-hydrogen) atoms. The van der Waals surface area contributed by atoms with Crippen LogP contribution in [0.2, 0.25) is 0 Å². The minimum absolute atomic E-state index is 0.0841. The van der Waals surface area contributed by atoms with Crippen LogP contribution in [0.1, 0.15) is 32.0 Å². The molecule has 5 nitrogen and oxygen atoms in total. The third kappa shape index (κ3) is 4.38. The van der Waals surface area contributed by atoms with Gasteiger partial charge in [0.2, 0.25) is 0 Å². The molecule has 1 aromatic rings. The third-order valence-corrected chi connectivity index (χ3v) is 3.46. The Morgan fingerprint density at radius 2 is 1.95 bits per heavy atom. The Balaban J connectivity index is 2.80. The fourth-order valence-electron chi connectivity index (χ4n) is 1.42. The van der Waals surface area contributed by atoms with Crippen LogP contribution in [0.15, 0.2) is 9.95 Å². The van der Waals surface area contributed by atoms with Crippen LogP contribution in [-0.4, -0.2) is 26.9 Å². The largest absolute Gasteiger partial charge is 0.459 e. The Bertz CT molecular complexity index is 544. The summed E-state index contributed by atoms with van der Waals surface area (Å²) < 4.78 is 6.66. The molecule has 1 aromatic heterocycles. The molecule has 0 aliphatic rings. The van der Waals surface area contributed by atoms with Gasteiger partial charge in [-0.25, -0.2) is 4.98 Å². The van der Waals surface area contributed by atoms with Crippen molar-refractivity contribution < 1.29 is 9.53 Å². The molecule has 0 bridgehead atoms. The standard InChI is InChI=1S/C13H20N2O3S/c1-8-9(2)14-12(15(6)11(8)17)19-7-10(16)18-13(3,4)5/h7H2,1-6H3. The highest BCUT2D eigenvalue weighted by Gasteiger charge is 2.17. The van der Waals surface area contributed by atoms with E-state index in [2.05, 4.69) is 4.98 Å². The molecule has 0 fully saturated rings. The summed E-state index contributed by atoms with van der Waals surface area (Å²) in [6.45, 7) is 8.99. The van der Waals surface area contributed by atoms with Crippen LogP contribution < -0.4 is 5.56 Å². The molecule has 0 N–H and O–H groups in total. The zero-order chi connectivity index (χ0) is 14.8. The maximum absolute atomic E-state index is 11.9. The summed E-state index contributed by atoms with van der Waals surface area (Å²) in [5.74, 6) is -0.176. The molecule has 0 spiro atoms. The SMILES string of the molecule is Cc1nc(SCC(=O)OC(C)(C)C)n(C)c(=O)c1C. The summed E-state index contributed by atoms with van der Waals surface area (Å²) in [5, 5.41) is 0.527. The summed E-state index contributed by atoms with van der Waals surface area (Å²) >= 11 is 1.21. The number of rotatable bonds is 3. The first-order chi connectivity index (χ1) is 8.61. The van der Waals surface area contributed by atoms with Gasteiger partial charge < -0.3 is 4.74 Å². The molecule has 106 valence electrons. The minimum Gasteiger partial charge on any atom is -0.459 e. The molecule has 0 saturated heterocycles.